The number of benzene rings is 1. The topological polar surface area (TPSA) is 59.3 Å². The zero-order valence-electron chi connectivity index (χ0n) is 11.7. The summed E-state index contributed by atoms with van der Waals surface area (Å²) >= 11 is 0. The summed E-state index contributed by atoms with van der Waals surface area (Å²) in [4.78, 5) is 0.339. The molecule has 0 spiro atoms. The van der Waals surface area contributed by atoms with Crippen LogP contribution in [0, 0.1) is 0 Å². The minimum atomic E-state index is -3.13. The third kappa shape index (κ3) is 4.13. The highest BCUT2D eigenvalue weighted by Crippen LogP contribution is 2.16. The Balaban J connectivity index is 1.89. The number of rotatable bonds is 6. The molecule has 0 fully saturated rings. The van der Waals surface area contributed by atoms with E-state index in [1.54, 1.807) is 30.5 Å². The van der Waals surface area contributed by atoms with Gasteiger partial charge >= 0.3 is 0 Å². The van der Waals surface area contributed by atoms with Crippen molar-refractivity contribution < 1.29 is 12.8 Å². The van der Waals surface area contributed by atoms with Gasteiger partial charge in [0.1, 0.15) is 5.76 Å². The van der Waals surface area contributed by atoms with Crippen molar-refractivity contribution in [2.45, 2.75) is 30.7 Å². The lowest BCUT2D eigenvalue weighted by Crippen LogP contribution is -2.15. The van der Waals surface area contributed by atoms with Gasteiger partial charge in [0.15, 0.2) is 9.84 Å². The first-order chi connectivity index (χ1) is 9.45. The highest BCUT2D eigenvalue weighted by molar-refractivity contribution is 7.90. The minimum absolute atomic E-state index is 0.282. The van der Waals surface area contributed by atoms with E-state index < -0.39 is 9.84 Å². The monoisotopic (exact) mass is 293 g/mol. The van der Waals surface area contributed by atoms with Crippen LogP contribution in [0.1, 0.15) is 19.1 Å². The molecule has 108 valence electrons. The van der Waals surface area contributed by atoms with E-state index in [2.05, 4.69) is 12.2 Å². The lowest BCUT2D eigenvalue weighted by Gasteiger charge is -2.14. The third-order valence-electron chi connectivity index (χ3n) is 3.10. The summed E-state index contributed by atoms with van der Waals surface area (Å²) in [7, 11) is -3.13. The van der Waals surface area contributed by atoms with Gasteiger partial charge in [-0.25, -0.2) is 8.42 Å². The van der Waals surface area contributed by atoms with E-state index in [-0.39, 0.29) is 6.04 Å². The first-order valence-corrected chi connectivity index (χ1v) is 8.43. The normalized spacial score (nSPS) is 13.1. The van der Waals surface area contributed by atoms with Crippen molar-refractivity contribution in [1.82, 2.24) is 0 Å². The van der Waals surface area contributed by atoms with Crippen molar-refractivity contribution in [3.63, 3.8) is 0 Å². The van der Waals surface area contributed by atoms with Crippen LogP contribution < -0.4 is 5.32 Å². The van der Waals surface area contributed by atoms with Gasteiger partial charge in [0.25, 0.3) is 0 Å². The van der Waals surface area contributed by atoms with Gasteiger partial charge in [0.2, 0.25) is 0 Å². The van der Waals surface area contributed by atoms with Crippen LogP contribution in [0.5, 0.6) is 0 Å². The molecule has 0 saturated carbocycles. The van der Waals surface area contributed by atoms with Crippen LogP contribution in [0.3, 0.4) is 0 Å². The average Bonchev–Trinajstić information content (AvgIpc) is 2.89. The zero-order chi connectivity index (χ0) is 14.6. The Morgan fingerprint density at radius 3 is 2.45 bits per heavy atom. The summed E-state index contributed by atoms with van der Waals surface area (Å²) in [5.74, 6) is 0.978. The van der Waals surface area contributed by atoms with E-state index in [0.717, 1.165) is 24.3 Å². The van der Waals surface area contributed by atoms with Crippen LogP contribution in [0.2, 0.25) is 0 Å². The molecule has 5 heteroatoms. The molecular formula is C15H19NO3S. The zero-order valence-corrected chi connectivity index (χ0v) is 12.5. The largest absolute Gasteiger partial charge is 0.469 e. The van der Waals surface area contributed by atoms with Crippen molar-refractivity contribution in [2.24, 2.45) is 0 Å². The Morgan fingerprint density at radius 1 is 1.20 bits per heavy atom. The number of anilines is 1. The number of aryl methyl sites for hydroxylation is 1. The molecule has 2 aromatic rings. The highest BCUT2D eigenvalue weighted by atomic mass is 32.2. The molecule has 0 aliphatic rings. The molecule has 0 saturated heterocycles. The third-order valence-corrected chi connectivity index (χ3v) is 4.23. The van der Waals surface area contributed by atoms with Gasteiger partial charge in [0, 0.05) is 24.4 Å². The molecule has 1 heterocycles. The van der Waals surface area contributed by atoms with Crippen molar-refractivity contribution >= 4 is 15.5 Å². The SMILES string of the molecule is CC(CCc1ccco1)Nc1ccc(S(C)(=O)=O)cc1. The quantitative estimate of drug-likeness (QED) is 0.889. The lowest BCUT2D eigenvalue weighted by molar-refractivity contribution is 0.495. The van der Waals surface area contributed by atoms with Gasteiger partial charge in [-0.05, 0) is 49.7 Å². The molecular weight excluding hydrogens is 274 g/mol. The summed E-state index contributed by atoms with van der Waals surface area (Å²) in [6.45, 7) is 2.09. The molecule has 4 nitrogen and oxygen atoms in total. The second-order valence-electron chi connectivity index (χ2n) is 4.96. The summed E-state index contributed by atoms with van der Waals surface area (Å²) in [6.07, 6.45) is 4.71. The molecule has 0 aliphatic heterocycles. The molecule has 20 heavy (non-hydrogen) atoms. The Kier molecular flexibility index (Phi) is 4.49. The van der Waals surface area contributed by atoms with Gasteiger partial charge in [-0.3, -0.25) is 0 Å². The predicted molar refractivity (Wildman–Crippen MR) is 79.7 cm³/mol. The number of hydrogen-bond acceptors (Lipinski definition) is 4. The maximum Gasteiger partial charge on any atom is 0.175 e. The van der Waals surface area contributed by atoms with Crippen LogP contribution in [-0.2, 0) is 16.3 Å². The molecule has 0 aliphatic carbocycles. The second-order valence-corrected chi connectivity index (χ2v) is 6.98. The Bertz CT molecular complexity index is 630. The molecule has 1 unspecified atom stereocenters. The van der Waals surface area contributed by atoms with Gasteiger partial charge in [-0.2, -0.15) is 0 Å². The van der Waals surface area contributed by atoms with Crippen molar-refractivity contribution in [3.05, 3.63) is 48.4 Å². The fourth-order valence-electron chi connectivity index (χ4n) is 1.97. The average molecular weight is 293 g/mol. The van der Waals surface area contributed by atoms with E-state index in [0.29, 0.717) is 4.90 Å². The van der Waals surface area contributed by atoms with Gasteiger partial charge < -0.3 is 9.73 Å². The smallest absolute Gasteiger partial charge is 0.175 e. The second kappa shape index (κ2) is 6.13. The maximum atomic E-state index is 11.4. The summed E-state index contributed by atoms with van der Waals surface area (Å²) in [6, 6.07) is 11.0. The first-order valence-electron chi connectivity index (χ1n) is 6.54. The van der Waals surface area contributed by atoms with E-state index in [9.17, 15) is 8.42 Å². The van der Waals surface area contributed by atoms with E-state index in [1.165, 1.54) is 6.26 Å². The van der Waals surface area contributed by atoms with Crippen molar-refractivity contribution in [3.8, 4) is 0 Å². The Hall–Kier alpha value is -1.75. The summed E-state index contributed by atoms with van der Waals surface area (Å²) < 4.78 is 28.0. The Morgan fingerprint density at radius 2 is 1.90 bits per heavy atom. The Labute approximate surface area is 119 Å². The number of nitrogens with one attached hydrogen (secondary N) is 1. The molecule has 1 N–H and O–H groups in total. The first kappa shape index (κ1) is 14.7. The minimum Gasteiger partial charge on any atom is -0.469 e. The summed E-state index contributed by atoms with van der Waals surface area (Å²) in [5.41, 5.74) is 0.921. The van der Waals surface area contributed by atoms with Crippen LogP contribution in [-0.4, -0.2) is 20.7 Å². The van der Waals surface area contributed by atoms with Gasteiger partial charge in [0.05, 0.1) is 11.2 Å². The van der Waals surface area contributed by atoms with E-state index in [1.807, 2.05) is 12.1 Å². The molecule has 0 radical (unpaired) electrons. The molecule has 0 amide bonds. The number of hydrogen-bond donors (Lipinski definition) is 1. The fourth-order valence-corrected chi connectivity index (χ4v) is 2.60. The molecule has 1 aromatic carbocycles. The van der Waals surface area contributed by atoms with Crippen LogP contribution in [0.25, 0.3) is 0 Å². The van der Waals surface area contributed by atoms with Crippen LogP contribution in [0.15, 0.2) is 52.0 Å². The predicted octanol–water partition coefficient (Wildman–Crippen LogP) is 3.12. The molecule has 1 aromatic heterocycles. The van der Waals surface area contributed by atoms with Crippen molar-refractivity contribution in [2.75, 3.05) is 11.6 Å². The van der Waals surface area contributed by atoms with Crippen molar-refractivity contribution in [1.29, 1.82) is 0 Å². The maximum absolute atomic E-state index is 11.4. The van der Waals surface area contributed by atoms with Crippen LogP contribution >= 0.6 is 0 Å². The lowest BCUT2D eigenvalue weighted by atomic mass is 10.1. The van der Waals surface area contributed by atoms with Crippen LogP contribution in [0.4, 0.5) is 5.69 Å². The van der Waals surface area contributed by atoms with Gasteiger partial charge in [-0.15, -0.1) is 0 Å². The standard InChI is InChI=1S/C15H19NO3S/c1-12(5-8-14-4-3-11-19-14)16-13-6-9-15(10-7-13)20(2,17)18/h3-4,6-7,9-12,16H,5,8H2,1-2H3. The summed E-state index contributed by atoms with van der Waals surface area (Å²) in [5, 5.41) is 3.35. The molecule has 0 bridgehead atoms. The number of furan rings is 1. The van der Waals surface area contributed by atoms with Gasteiger partial charge in [-0.1, -0.05) is 0 Å². The highest BCUT2D eigenvalue weighted by Gasteiger charge is 2.08. The molecule has 2 rings (SSSR count). The van der Waals surface area contributed by atoms with E-state index in [4.69, 9.17) is 4.42 Å². The van der Waals surface area contributed by atoms with E-state index >= 15 is 0 Å². The molecule has 1 atom stereocenters. The fraction of sp³-hybridized carbons (Fsp3) is 0.333. The number of sulfone groups is 1.